The van der Waals surface area contributed by atoms with Crippen LogP contribution in [0.3, 0.4) is 0 Å². The zero-order chi connectivity index (χ0) is 18.5. The van der Waals surface area contributed by atoms with Crippen molar-refractivity contribution in [2.24, 2.45) is 0 Å². The minimum atomic E-state index is -0.548. The summed E-state index contributed by atoms with van der Waals surface area (Å²) < 4.78 is 29.6. The number of aromatic nitrogens is 2. The lowest BCUT2D eigenvalue weighted by molar-refractivity contribution is 0.101. The van der Waals surface area contributed by atoms with Crippen LogP contribution in [0.1, 0.15) is 10.4 Å². The monoisotopic (exact) mass is 374 g/mol. The van der Waals surface area contributed by atoms with Crippen molar-refractivity contribution in [3.8, 4) is 23.0 Å². The Labute approximate surface area is 153 Å². The van der Waals surface area contributed by atoms with E-state index in [1.807, 2.05) is 0 Å². The van der Waals surface area contributed by atoms with Gasteiger partial charge in [-0.25, -0.2) is 4.39 Å². The molecule has 0 spiro atoms. The molecule has 0 radical (unpaired) electrons. The predicted octanol–water partition coefficient (Wildman–Crippen LogP) is 3.87. The molecule has 0 N–H and O–H groups in total. The van der Waals surface area contributed by atoms with Crippen LogP contribution in [0.25, 0.3) is 11.5 Å². The number of ketones is 1. The predicted molar refractivity (Wildman–Crippen MR) is 94.3 cm³/mol. The lowest BCUT2D eigenvalue weighted by Crippen LogP contribution is -2.04. The van der Waals surface area contributed by atoms with Crippen molar-refractivity contribution in [1.29, 1.82) is 0 Å². The van der Waals surface area contributed by atoms with Gasteiger partial charge >= 0.3 is 0 Å². The Kier molecular flexibility index (Phi) is 5.52. The first-order valence-electron chi connectivity index (χ1n) is 7.58. The van der Waals surface area contributed by atoms with E-state index in [0.717, 1.165) is 11.8 Å². The zero-order valence-corrected chi connectivity index (χ0v) is 14.9. The average Bonchev–Trinajstić information content (AvgIpc) is 3.15. The molecule has 1 aromatic heterocycles. The smallest absolute Gasteiger partial charge is 0.277 e. The minimum absolute atomic E-state index is 0.00992. The largest absolute Gasteiger partial charge is 0.497 e. The van der Waals surface area contributed by atoms with Crippen LogP contribution in [0.4, 0.5) is 4.39 Å². The van der Waals surface area contributed by atoms with Gasteiger partial charge in [0.05, 0.1) is 25.5 Å². The van der Waals surface area contributed by atoms with E-state index in [2.05, 4.69) is 10.2 Å². The molecule has 2 aromatic carbocycles. The van der Waals surface area contributed by atoms with E-state index in [-0.39, 0.29) is 28.2 Å². The van der Waals surface area contributed by atoms with E-state index in [1.165, 1.54) is 18.2 Å². The van der Waals surface area contributed by atoms with Gasteiger partial charge in [-0.2, -0.15) is 0 Å². The van der Waals surface area contributed by atoms with Gasteiger partial charge in [-0.05, 0) is 24.3 Å². The van der Waals surface area contributed by atoms with E-state index in [0.29, 0.717) is 17.1 Å². The number of hydrogen-bond acceptors (Lipinski definition) is 7. The number of rotatable bonds is 7. The second kappa shape index (κ2) is 8.01. The van der Waals surface area contributed by atoms with Crippen LogP contribution in [0.2, 0.25) is 0 Å². The van der Waals surface area contributed by atoms with E-state index in [9.17, 15) is 9.18 Å². The summed E-state index contributed by atoms with van der Waals surface area (Å²) in [5, 5.41) is 8.10. The standard InChI is InChI=1S/C18H15FN2O4S/c1-23-12-7-11(8-13(9-12)24-2)17-20-21-18(25-17)26-10-16(22)14-5-3-4-6-15(14)19/h3-9H,10H2,1-2H3. The molecule has 0 atom stereocenters. The highest BCUT2D eigenvalue weighted by Crippen LogP contribution is 2.30. The maximum atomic E-state index is 13.6. The quantitative estimate of drug-likeness (QED) is 0.459. The topological polar surface area (TPSA) is 74.5 Å². The van der Waals surface area contributed by atoms with Gasteiger partial charge in [-0.1, -0.05) is 23.9 Å². The van der Waals surface area contributed by atoms with Gasteiger partial charge in [0, 0.05) is 11.6 Å². The third kappa shape index (κ3) is 4.02. The zero-order valence-electron chi connectivity index (χ0n) is 14.1. The molecule has 0 aliphatic heterocycles. The molecule has 26 heavy (non-hydrogen) atoms. The van der Waals surface area contributed by atoms with Crippen molar-refractivity contribution >= 4 is 17.5 Å². The lowest BCUT2D eigenvalue weighted by atomic mass is 10.1. The summed E-state index contributed by atoms with van der Waals surface area (Å²) >= 11 is 1.05. The van der Waals surface area contributed by atoms with Crippen LogP contribution in [-0.4, -0.2) is 36.0 Å². The summed E-state index contributed by atoms with van der Waals surface area (Å²) in [7, 11) is 3.09. The maximum absolute atomic E-state index is 13.6. The van der Waals surface area contributed by atoms with Crippen molar-refractivity contribution in [2.75, 3.05) is 20.0 Å². The van der Waals surface area contributed by atoms with E-state index in [4.69, 9.17) is 13.9 Å². The van der Waals surface area contributed by atoms with E-state index >= 15 is 0 Å². The third-order valence-electron chi connectivity index (χ3n) is 3.51. The average molecular weight is 374 g/mol. The fourth-order valence-corrected chi connectivity index (χ4v) is 2.85. The summed E-state index contributed by atoms with van der Waals surface area (Å²) in [4.78, 5) is 12.1. The molecule has 0 saturated heterocycles. The Morgan fingerprint density at radius 1 is 1.12 bits per heavy atom. The van der Waals surface area contributed by atoms with Crippen LogP contribution in [-0.2, 0) is 0 Å². The molecule has 134 valence electrons. The fourth-order valence-electron chi connectivity index (χ4n) is 2.21. The van der Waals surface area contributed by atoms with Crippen LogP contribution < -0.4 is 9.47 Å². The van der Waals surface area contributed by atoms with E-state index in [1.54, 1.807) is 38.5 Å². The van der Waals surface area contributed by atoms with Crippen LogP contribution in [0.15, 0.2) is 52.1 Å². The molecule has 0 saturated carbocycles. The highest BCUT2D eigenvalue weighted by atomic mass is 32.2. The number of Topliss-reactive ketones (excluding diaryl/α,β-unsaturated/α-hetero) is 1. The van der Waals surface area contributed by atoms with Crippen molar-refractivity contribution in [3.63, 3.8) is 0 Å². The molecule has 8 heteroatoms. The van der Waals surface area contributed by atoms with Crippen molar-refractivity contribution in [3.05, 3.63) is 53.8 Å². The number of methoxy groups -OCH3 is 2. The summed E-state index contributed by atoms with van der Waals surface area (Å²) in [5.41, 5.74) is 0.665. The molecule has 3 rings (SSSR count). The lowest BCUT2D eigenvalue weighted by Gasteiger charge is -2.05. The van der Waals surface area contributed by atoms with Crippen LogP contribution in [0, 0.1) is 5.82 Å². The highest BCUT2D eigenvalue weighted by Gasteiger charge is 2.15. The number of ether oxygens (including phenoxy) is 2. The van der Waals surface area contributed by atoms with Gasteiger partial charge in [0.15, 0.2) is 5.78 Å². The van der Waals surface area contributed by atoms with Crippen LogP contribution >= 0.6 is 11.8 Å². The molecule has 0 bridgehead atoms. The Hall–Kier alpha value is -2.87. The number of carbonyl (C=O) groups excluding carboxylic acids is 1. The molecular formula is C18H15FN2O4S. The number of thioether (sulfide) groups is 1. The first-order chi connectivity index (χ1) is 12.6. The maximum Gasteiger partial charge on any atom is 0.277 e. The molecule has 0 aliphatic rings. The molecule has 6 nitrogen and oxygen atoms in total. The molecule has 0 unspecified atom stereocenters. The number of nitrogens with zero attached hydrogens (tertiary/aromatic N) is 2. The molecule has 1 heterocycles. The van der Waals surface area contributed by atoms with E-state index < -0.39 is 5.82 Å². The van der Waals surface area contributed by atoms with Gasteiger partial charge in [-0.15, -0.1) is 10.2 Å². The van der Waals surface area contributed by atoms with Crippen LogP contribution in [0.5, 0.6) is 11.5 Å². The van der Waals surface area contributed by atoms with Gasteiger partial charge in [0.25, 0.3) is 5.22 Å². The SMILES string of the molecule is COc1cc(OC)cc(-c2nnc(SCC(=O)c3ccccc3F)o2)c1. The Balaban J connectivity index is 1.72. The number of benzene rings is 2. The first-order valence-corrected chi connectivity index (χ1v) is 8.56. The fraction of sp³-hybridized carbons (Fsp3) is 0.167. The van der Waals surface area contributed by atoms with Crippen molar-refractivity contribution in [1.82, 2.24) is 10.2 Å². The summed E-state index contributed by atoms with van der Waals surface area (Å²) in [6.45, 7) is 0. The van der Waals surface area contributed by atoms with Gasteiger partial charge in [0.1, 0.15) is 17.3 Å². The van der Waals surface area contributed by atoms with Gasteiger partial charge in [-0.3, -0.25) is 4.79 Å². The second-order valence-electron chi connectivity index (χ2n) is 5.17. The first kappa shape index (κ1) is 17.9. The normalized spacial score (nSPS) is 10.6. The van der Waals surface area contributed by atoms with Gasteiger partial charge < -0.3 is 13.9 Å². The molecule has 0 amide bonds. The third-order valence-corrected chi connectivity index (χ3v) is 4.32. The Morgan fingerprint density at radius 2 is 1.81 bits per heavy atom. The second-order valence-corrected chi connectivity index (χ2v) is 6.09. The number of hydrogen-bond donors (Lipinski definition) is 0. The molecule has 3 aromatic rings. The number of halogens is 1. The molecular weight excluding hydrogens is 359 g/mol. The summed E-state index contributed by atoms with van der Waals surface area (Å²) in [5.74, 6) is 0.527. The van der Waals surface area contributed by atoms with Gasteiger partial charge in [0.2, 0.25) is 5.89 Å². The number of carbonyl (C=O) groups is 1. The minimum Gasteiger partial charge on any atom is -0.497 e. The van der Waals surface area contributed by atoms with Crippen molar-refractivity contribution in [2.45, 2.75) is 5.22 Å². The molecule has 0 aliphatic carbocycles. The molecule has 0 fully saturated rings. The van der Waals surface area contributed by atoms with Crippen molar-refractivity contribution < 1.29 is 23.1 Å². The summed E-state index contributed by atoms with van der Waals surface area (Å²) in [6, 6.07) is 11.0. The Bertz CT molecular complexity index is 907. The highest BCUT2D eigenvalue weighted by molar-refractivity contribution is 7.99. The Morgan fingerprint density at radius 3 is 2.46 bits per heavy atom. The summed E-state index contributed by atoms with van der Waals surface area (Å²) in [6.07, 6.45) is 0.